The highest BCUT2D eigenvalue weighted by Gasteiger charge is 2.35. The Bertz CT molecular complexity index is 638. The van der Waals surface area contributed by atoms with Gasteiger partial charge in [0.2, 0.25) is 5.88 Å². The van der Waals surface area contributed by atoms with Gasteiger partial charge in [0.1, 0.15) is 0 Å². The van der Waals surface area contributed by atoms with Crippen molar-refractivity contribution in [1.82, 2.24) is 4.98 Å². The van der Waals surface area contributed by atoms with E-state index in [4.69, 9.17) is 4.74 Å². The Balaban J connectivity index is 2.55. The van der Waals surface area contributed by atoms with E-state index in [9.17, 15) is 18.0 Å². The van der Waals surface area contributed by atoms with Gasteiger partial charge in [-0.25, -0.2) is 4.98 Å². The van der Waals surface area contributed by atoms with E-state index in [1.807, 2.05) is 0 Å². The van der Waals surface area contributed by atoms with E-state index in [2.05, 4.69) is 4.98 Å². The van der Waals surface area contributed by atoms with Gasteiger partial charge in [0, 0.05) is 11.8 Å². The second-order valence-corrected chi connectivity index (χ2v) is 3.93. The number of methoxy groups -OCH3 is 1. The molecule has 1 heterocycles. The van der Waals surface area contributed by atoms with E-state index in [1.165, 1.54) is 37.6 Å². The van der Waals surface area contributed by atoms with E-state index in [0.29, 0.717) is 0 Å². The summed E-state index contributed by atoms with van der Waals surface area (Å²) >= 11 is 0. The molecule has 20 heavy (non-hydrogen) atoms. The molecule has 2 rings (SSSR count). The molecule has 104 valence electrons. The summed E-state index contributed by atoms with van der Waals surface area (Å²) in [5.74, 6) is -0.780. The third kappa shape index (κ3) is 2.64. The summed E-state index contributed by atoms with van der Waals surface area (Å²) in [4.78, 5) is 16.1. The fraction of sp³-hybridized carbons (Fsp3) is 0.143. The van der Waals surface area contributed by atoms with Gasteiger partial charge in [0.15, 0.2) is 5.78 Å². The molecule has 0 amide bonds. The van der Waals surface area contributed by atoms with Crippen molar-refractivity contribution in [3.8, 4) is 5.88 Å². The van der Waals surface area contributed by atoms with Crippen LogP contribution in [-0.4, -0.2) is 17.9 Å². The van der Waals surface area contributed by atoms with Crippen molar-refractivity contribution in [2.45, 2.75) is 6.18 Å². The number of benzene rings is 1. The number of pyridine rings is 1. The van der Waals surface area contributed by atoms with Gasteiger partial charge in [-0.3, -0.25) is 4.79 Å². The number of carbonyl (C=O) groups excluding carboxylic acids is 1. The Kier molecular flexibility index (Phi) is 3.74. The number of carbonyl (C=O) groups is 1. The molecule has 0 N–H and O–H groups in total. The van der Waals surface area contributed by atoms with Gasteiger partial charge in [-0.15, -0.1) is 0 Å². The van der Waals surface area contributed by atoms with Gasteiger partial charge < -0.3 is 4.74 Å². The van der Waals surface area contributed by atoms with E-state index < -0.39 is 23.1 Å². The van der Waals surface area contributed by atoms with Gasteiger partial charge >= 0.3 is 6.18 Å². The van der Waals surface area contributed by atoms with Crippen molar-refractivity contribution in [2.24, 2.45) is 0 Å². The fourth-order valence-corrected chi connectivity index (χ4v) is 1.80. The average Bonchev–Trinajstić information content (AvgIpc) is 2.45. The zero-order chi connectivity index (χ0) is 14.8. The molecule has 1 aromatic heterocycles. The van der Waals surface area contributed by atoms with E-state index in [1.54, 1.807) is 0 Å². The first kappa shape index (κ1) is 14.0. The Hall–Kier alpha value is -2.37. The molecular weight excluding hydrogens is 271 g/mol. The summed E-state index contributed by atoms with van der Waals surface area (Å²) in [5, 5.41) is 0. The number of hydrogen-bond acceptors (Lipinski definition) is 3. The number of halogens is 3. The lowest BCUT2D eigenvalue weighted by Crippen LogP contribution is -2.14. The average molecular weight is 281 g/mol. The number of nitrogens with zero attached hydrogens (tertiary/aromatic N) is 1. The first-order valence-corrected chi connectivity index (χ1v) is 5.65. The highest BCUT2D eigenvalue weighted by atomic mass is 19.4. The zero-order valence-electron chi connectivity index (χ0n) is 10.4. The van der Waals surface area contributed by atoms with Crippen LogP contribution < -0.4 is 4.74 Å². The van der Waals surface area contributed by atoms with Crippen molar-refractivity contribution in [1.29, 1.82) is 0 Å². The van der Waals surface area contributed by atoms with Crippen LogP contribution in [0.1, 0.15) is 21.5 Å². The SMILES string of the molecule is COc1ncccc1C(=O)c1ccccc1C(F)(F)F. The second-order valence-electron chi connectivity index (χ2n) is 3.93. The molecule has 0 unspecified atom stereocenters. The van der Waals surface area contributed by atoms with Crippen LogP contribution in [0.5, 0.6) is 5.88 Å². The molecule has 0 saturated carbocycles. The van der Waals surface area contributed by atoms with E-state index in [-0.39, 0.29) is 11.4 Å². The third-order valence-corrected chi connectivity index (χ3v) is 2.69. The summed E-state index contributed by atoms with van der Waals surface area (Å²) in [6, 6.07) is 7.46. The number of alkyl halides is 3. The number of rotatable bonds is 3. The summed E-state index contributed by atoms with van der Waals surface area (Å²) in [5.41, 5.74) is -1.41. The van der Waals surface area contributed by atoms with Crippen LogP contribution in [-0.2, 0) is 6.18 Å². The number of ether oxygens (including phenoxy) is 1. The first-order valence-electron chi connectivity index (χ1n) is 5.65. The molecule has 3 nitrogen and oxygen atoms in total. The number of aromatic nitrogens is 1. The lowest BCUT2D eigenvalue weighted by molar-refractivity contribution is -0.137. The van der Waals surface area contributed by atoms with Crippen LogP contribution in [0.2, 0.25) is 0 Å². The molecule has 0 bridgehead atoms. The smallest absolute Gasteiger partial charge is 0.417 e. The van der Waals surface area contributed by atoms with Crippen LogP contribution in [0, 0.1) is 0 Å². The molecule has 0 saturated heterocycles. The topological polar surface area (TPSA) is 39.2 Å². The quantitative estimate of drug-likeness (QED) is 0.810. The van der Waals surface area contributed by atoms with Gasteiger partial charge in [-0.2, -0.15) is 13.2 Å². The van der Waals surface area contributed by atoms with Crippen LogP contribution in [0.4, 0.5) is 13.2 Å². The molecule has 0 fully saturated rings. The summed E-state index contributed by atoms with van der Waals surface area (Å²) < 4.78 is 43.6. The molecular formula is C14H10F3NO2. The van der Waals surface area contributed by atoms with Crippen molar-refractivity contribution in [3.05, 3.63) is 59.3 Å². The predicted molar refractivity (Wildman–Crippen MR) is 65.7 cm³/mol. The maximum absolute atomic E-state index is 12.9. The molecule has 0 aliphatic heterocycles. The fourth-order valence-electron chi connectivity index (χ4n) is 1.80. The van der Waals surface area contributed by atoms with Gasteiger partial charge in [-0.1, -0.05) is 18.2 Å². The minimum absolute atomic E-state index is 0.00511. The normalized spacial score (nSPS) is 11.2. The maximum Gasteiger partial charge on any atom is 0.417 e. The molecule has 0 aliphatic rings. The summed E-state index contributed by atoms with van der Waals surface area (Å²) in [6.45, 7) is 0. The summed E-state index contributed by atoms with van der Waals surface area (Å²) in [7, 11) is 1.30. The predicted octanol–water partition coefficient (Wildman–Crippen LogP) is 3.34. The van der Waals surface area contributed by atoms with Gasteiger partial charge in [-0.05, 0) is 18.2 Å². The van der Waals surface area contributed by atoms with Crippen LogP contribution in [0.25, 0.3) is 0 Å². The van der Waals surface area contributed by atoms with E-state index in [0.717, 1.165) is 12.1 Å². The molecule has 0 radical (unpaired) electrons. The third-order valence-electron chi connectivity index (χ3n) is 2.69. The molecule has 1 aromatic carbocycles. The molecule has 6 heteroatoms. The van der Waals surface area contributed by atoms with Crippen LogP contribution in [0.15, 0.2) is 42.6 Å². The highest BCUT2D eigenvalue weighted by Crippen LogP contribution is 2.33. The summed E-state index contributed by atoms with van der Waals surface area (Å²) in [6.07, 6.45) is -3.20. The molecule has 2 aromatic rings. The van der Waals surface area contributed by atoms with E-state index >= 15 is 0 Å². The van der Waals surface area contributed by atoms with Gasteiger partial charge in [0.05, 0.1) is 18.2 Å². The van der Waals surface area contributed by atoms with Crippen molar-refractivity contribution >= 4 is 5.78 Å². The standard InChI is InChI=1S/C14H10F3NO2/c1-20-13-10(6-4-8-18-13)12(19)9-5-2-3-7-11(9)14(15,16)17/h2-8H,1H3. The van der Waals surface area contributed by atoms with Gasteiger partial charge in [0.25, 0.3) is 0 Å². The Morgan fingerprint density at radius 1 is 1.10 bits per heavy atom. The minimum Gasteiger partial charge on any atom is -0.480 e. The van der Waals surface area contributed by atoms with Crippen molar-refractivity contribution < 1.29 is 22.7 Å². The van der Waals surface area contributed by atoms with Crippen molar-refractivity contribution in [2.75, 3.05) is 7.11 Å². The van der Waals surface area contributed by atoms with Crippen LogP contribution in [0.3, 0.4) is 0 Å². The lowest BCUT2D eigenvalue weighted by Gasteiger charge is -2.12. The lowest BCUT2D eigenvalue weighted by atomic mass is 9.98. The number of ketones is 1. The largest absolute Gasteiger partial charge is 0.480 e. The monoisotopic (exact) mass is 281 g/mol. The maximum atomic E-state index is 12.9. The van der Waals surface area contributed by atoms with Crippen LogP contribution >= 0.6 is 0 Å². The molecule has 0 spiro atoms. The zero-order valence-corrected chi connectivity index (χ0v) is 10.4. The number of hydrogen-bond donors (Lipinski definition) is 0. The van der Waals surface area contributed by atoms with Crippen molar-refractivity contribution in [3.63, 3.8) is 0 Å². The highest BCUT2D eigenvalue weighted by molar-refractivity contribution is 6.11. The first-order chi connectivity index (χ1) is 9.45. The minimum atomic E-state index is -4.60. The Morgan fingerprint density at radius 2 is 1.75 bits per heavy atom. The molecule has 0 atom stereocenters. The Labute approximate surface area is 113 Å². The Morgan fingerprint density at radius 3 is 2.40 bits per heavy atom. The molecule has 0 aliphatic carbocycles. The second kappa shape index (κ2) is 5.32.